The quantitative estimate of drug-likeness (QED) is 0.232. The van der Waals surface area contributed by atoms with Crippen LogP contribution in [-0.4, -0.2) is 0 Å². The van der Waals surface area contributed by atoms with Crippen LogP contribution in [0, 0.1) is 13.8 Å². The molecule has 0 nitrogen and oxygen atoms in total. The van der Waals surface area contributed by atoms with Gasteiger partial charge in [0.05, 0.1) is 0 Å². The summed E-state index contributed by atoms with van der Waals surface area (Å²) >= 11 is 6.11. The molecule has 2 aliphatic rings. The number of hydrogen-bond donors (Lipinski definition) is 0. The Hall–Kier alpha value is -1.94. The van der Waals surface area contributed by atoms with Crippen molar-refractivity contribution in [3.63, 3.8) is 0 Å². The maximum absolute atomic E-state index is 2.40. The van der Waals surface area contributed by atoms with Crippen molar-refractivity contribution in [2.45, 2.75) is 39.5 Å². The highest BCUT2D eigenvalue weighted by molar-refractivity contribution is 7.31. The average molecular weight is 429 g/mol. The number of benzene rings is 2. The highest BCUT2D eigenvalue weighted by Gasteiger charge is 2.29. The molecule has 3 heteroatoms. The predicted octanol–water partition coefficient (Wildman–Crippen LogP) is 8.33. The van der Waals surface area contributed by atoms with Gasteiger partial charge in [0.25, 0.3) is 0 Å². The van der Waals surface area contributed by atoms with Crippen molar-refractivity contribution in [1.82, 2.24) is 0 Å². The predicted molar refractivity (Wildman–Crippen MR) is 130 cm³/mol. The normalized spacial score (nSPS) is 14.7. The van der Waals surface area contributed by atoms with Crippen LogP contribution in [-0.2, 0) is 25.7 Å². The largest absolute Gasteiger partial charge is 0.140 e. The van der Waals surface area contributed by atoms with Crippen molar-refractivity contribution < 1.29 is 0 Å². The summed E-state index contributed by atoms with van der Waals surface area (Å²) in [6.07, 6.45) is 4.76. The first kappa shape index (κ1) is 16.8. The second kappa shape index (κ2) is 5.81. The Morgan fingerprint density at radius 3 is 2.14 bits per heavy atom. The van der Waals surface area contributed by atoms with Crippen molar-refractivity contribution in [1.29, 1.82) is 0 Å². The molecule has 7 rings (SSSR count). The van der Waals surface area contributed by atoms with Crippen molar-refractivity contribution in [3.8, 4) is 20.9 Å². The van der Waals surface area contributed by atoms with Gasteiger partial charge in [-0.2, -0.15) is 0 Å². The Labute approximate surface area is 182 Å². The third-order valence-electron chi connectivity index (χ3n) is 6.64. The van der Waals surface area contributed by atoms with Gasteiger partial charge in [-0.1, -0.05) is 35.9 Å². The lowest BCUT2D eigenvalue weighted by molar-refractivity contribution is 0.956. The molecule has 29 heavy (non-hydrogen) atoms. The molecule has 0 fully saturated rings. The number of rotatable bonds is 0. The molecule has 2 aliphatic carbocycles. The summed E-state index contributed by atoms with van der Waals surface area (Å²) in [7, 11) is 0. The van der Waals surface area contributed by atoms with E-state index in [1.165, 1.54) is 57.3 Å². The summed E-state index contributed by atoms with van der Waals surface area (Å²) in [6, 6.07) is 14.1. The van der Waals surface area contributed by atoms with Crippen LogP contribution in [0.4, 0.5) is 0 Å². The van der Waals surface area contributed by atoms with Gasteiger partial charge in [-0.3, -0.25) is 0 Å². The zero-order valence-corrected chi connectivity index (χ0v) is 19.0. The Kier molecular flexibility index (Phi) is 3.37. The number of fused-ring (bicyclic) bond motifs is 11. The number of thiophene rings is 3. The van der Waals surface area contributed by atoms with E-state index in [0.29, 0.717) is 0 Å². The topological polar surface area (TPSA) is 0 Å². The SMILES string of the molecule is Cc1ccc2c(c1)CCc1c-2sc2c3c(sc12)-c1ccc2cc(C)sc2c1CC3. The first-order chi connectivity index (χ1) is 14.2. The van der Waals surface area contributed by atoms with Gasteiger partial charge < -0.3 is 0 Å². The zero-order valence-electron chi connectivity index (χ0n) is 16.5. The summed E-state index contributed by atoms with van der Waals surface area (Å²) < 4.78 is 4.68. The summed E-state index contributed by atoms with van der Waals surface area (Å²) in [4.78, 5) is 4.53. The molecule has 3 aromatic heterocycles. The van der Waals surface area contributed by atoms with Gasteiger partial charge in [0.2, 0.25) is 0 Å². The highest BCUT2D eigenvalue weighted by atomic mass is 32.1. The first-order valence-electron chi connectivity index (χ1n) is 10.4. The minimum Gasteiger partial charge on any atom is -0.140 e. The van der Waals surface area contributed by atoms with Crippen LogP contribution in [0.15, 0.2) is 36.4 Å². The van der Waals surface area contributed by atoms with Crippen LogP contribution in [0.3, 0.4) is 0 Å². The van der Waals surface area contributed by atoms with Gasteiger partial charge >= 0.3 is 0 Å². The van der Waals surface area contributed by atoms with E-state index in [-0.39, 0.29) is 0 Å². The molecule has 0 amide bonds. The number of aryl methyl sites for hydroxylation is 6. The van der Waals surface area contributed by atoms with Crippen LogP contribution in [0.5, 0.6) is 0 Å². The molecular weight excluding hydrogens is 408 g/mol. The Morgan fingerprint density at radius 1 is 0.621 bits per heavy atom. The molecule has 0 atom stereocenters. The molecule has 3 heterocycles. The van der Waals surface area contributed by atoms with Crippen molar-refractivity contribution in [2.75, 3.05) is 0 Å². The van der Waals surface area contributed by atoms with Crippen LogP contribution >= 0.6 is 34.0 Å². The second-order valence-corrected chi connectivity index (χ2v) is 11.8. The van der Waals surface area contributed by atoms with E-state index in [0.717, 1.165) is 0 Å². The molecule has 2 aromatic carbocycles. The minimum atomic E-state index is 1.18. The van der Waals surface area contributed by atoms with E-state index in [4.69, 9.17) is 0 Å². The summed E-state index contributed by atoms with van der Waals surface area (Å²) in [6.45, 7) is 4.45. The average Bonchev–Trinajstić information content (AvgIpc) is 3.37. The molecule has 0 unspecified atom stereocenters. The van der Waals surface area contributed by atoms with Crippen LogP contribution in [0.25, 0.3) is 40.4 Å². The maximum Gasteiger partial charge on any atom is 0.0498 e. The van der Waals surface area contributed by atoms with E-state index >= 15 is 0 Å². The molecule has 0 N–H and O–H groups in total. The molecule has 0 aliphatic heterocycles. The Morgan fingerprint density at radius 2 is 1.31 bits per heavy atom. The van der Waals surface area contributed by atoms with Gasteiger partial charge in [-0.15, -0.1) is 34.0 Å². The highest BCUT2D eigenvalue weighted by Crippen LogP contribution is 2.53. The van der Waals surface area contributed by atoms with Gasteiger partial charge in [-0.05, 0) is 84.4 Å². The molecule has 0 saturated heterocycles. The van der Waals surface area contributed by atoms with E-state index in [2.05, 4.69) is 72.9 Å². The van der Waals surface area contributed by atoms with Crippen molar-refractivity contribution in [3.05, 3.63) is 69.1 Å². The molecule has 0 radical (unpaired) electrons. The minimum absolute atomic E-state index is 1.18. The van der Waals surface area contributed by atoms with Crippen LogP contribution < -0.4 is 0 Å². The molecule has 142 valence electrons. The lowest BCUT2D eigenvalue weighted by atomic mass is 9.89. The van der Waals surface area contributed by atoms with Gasteiger partial charge in [0.1, 0.15) is 0 Å². The van der Waals surface area contributed by atoms with Crippen molar-refractivity contribution >= 4 is 53.5 Å². The van der Waals surface area contributed by atoms with E-state index in [1.807, 2.05) is 11.3 Å². The van der Waals surface area contributed by atoms with E-state index in [1.54, 1.807) is 41.4 Å². The van der Waals surface area contributed by atoms with Crippen LogP contribution in [0.2, 0.25) is 0 Å². The molecular formula is C26H20S3. The summed E-state index contributed by atoms with van der Waals surface area (Å²) in [5, 5.41) is 1.43. The fraction of sp³-hybridized carbons (Fsp3) is 0.231. The van der Waals surface area contributed by atoms with Crippen LogP contribution in [0.1, 0.15) is 32.7 Å². The zero-order chi connectivity index (χ0) is 19.3. The smallest absolute Gasteiger partial charge is 0.0498 e. The van der Waals surface area contributed by atoms with Gasteiger partial charge in [0.15, 0.2) is 0 Å². The monoisotopic (exact) mass is 428 g/mol. The lowest BCUT2D eigenvalue weighted by Gasteiger charge is -2.18. The molecule has 5 aromatic rings. The van der Waals surface area contributed by atoms with E-state index in [9.17, 15) is 0 Å². The Balaban J connectivity index is 1.47. The molecule has 0 bridgehead atoms. The summed E-state index contributed by atoms with van der Waals surface area (Å²) in [5.41, 5.74) is 10.8. The number of hydrogen-bond acceptors (Lipinski definition) is 3. The van der Waals surface area contributed by atoms with E-state index < -0.39 is 0 Å². The maximum atomic E-state index is 2.40. The second-order valence-electron chi connectivity index (χ2n) is 8.51. The molecule has 0 saturated carbocycles. The third kappa shape index (κ3) is 2.24. The summed E-state index contributed by atoms with van der Waals surface area (Å²) in [5.74, 6) is 0. The third-order valence-corrected chi connectivity index (χ3v) is 10.5. The fourth-order valence-electron chi connectivity index (χ4n) is 5.32. The first-order valence-corrected chi connectivity index (χ1v) is 12.8. The Bertz CT molecular complexity index is 1470. The standard InChI is InChI=1S/C26H20S3/c1-13-3-6-17-15(11-13)4-8-20-23(17)28-26-21-10-9-18-19(24(21)29-25(20)26)7-5-16-12-14(2)27-22(16)18/h3,5-7,11-12H,4,8-10H2,1-2H3. The van der Waals surface area contributed by atoms with Crippen molar-refractivity contribution in [2.24, 2.45) is 0 Å². The van der Waals surface area contributed by atoms with Gasteiger partial charge in [0, 0.05) is 28.7 Å². The fourth-order valence-corrected chi connectivity index (χ4v) is 9.55. The lowest BCUT2D eigenvalue weighted by Crippen LogP contribution is -2.01. The van der Waals surface area contributed by atoms with Gasteiger partial charge in [-0.25, -0.2) is 0 Å². The molecule has 0 spiro atoms.